The Morgan fingerprint density at radius 2 is 1.68 bits per heavy atom. The molecule has 2 aromatic rings. The van der Waals surface area contributed by atoms with Gasteiger partial charge in [0.05, 0.1) is 12.1 Å². The largest absolute Gasteiger partial charge is 0.486 e. The number of hydrogen-bond acceptors (Lipinski definition) is 9. The zero-order valence-corrected chi connectivity index (χ0v) is 19.7. The summed E-state index contributed by atoms with van der Waals surface area (Å²) < 4.78 is 18.4. The Labute approximate surface area is 198 Å². The van der Waals surface area contributed by atoms with E-state index in [0.29, 0.717) is 23.2 Å². The van der Waals surface area contributed by atoms with Crippen LogP contribution in [0, 0.1) is 0 Å². The SMILES string of the molecule is CCCCCCCCOc1c(OC[C@@H]2O[C@@H](O)[C@H](O)[C@H](O)[C@H]2O)c2ccc(N)cc2n(C)c1=O. The maximum Gasteiger partial charge on any atom is 0.297 e. The lowest BCUT2D eigenvalue weighted by molar-refractivity contribution is -0.285. The molecule has 0 spiro atoms. The quantitative estimate of drug-likeness (QED) is 0.234. The van der Waals surface area contributed by atoms with Gasteiger partial charge >= 0.3 is 0 Å². The zero-order valence-electron chi connectivity index (χ0n) is 19.7. The number of unbranched alkanes of at least 4 members (excludes halogenated alkanes) is 5. The van der Waals surface area contributed by atoms with Crippen LogP contribution >= 0.6 is 0 Å². The summed E-state index contributed by atoms with van der Waals surface area (Å²) in [5, 5.41) is 40.3. The molecule has 10 nitrogen and oxygen atoms in total. The van der Waals surface area contributed by atoms with Crippen molar-refractivity contribution in [1.29, 1.82) is 0 Å². The highest BCUT2D eigenvalue weighted by atomic mass is 16.6. The number of pyridine rings is 1. The van der Waals surface area contributed by atoms with E-state index in [1.807, 2.05) is 0 Å². The van der Waals surface area contributed by atoms with Crippen molar-refractivity contribution in [3.8, 4) is 11.5 Å². The summed E-state index contributed by atoms with van der Waals surface area (Å²) in [7, 11) is 1.62. The number of benzene rings is 1. The van der Waals surface area contributed by atoms with Crippen LogP contribution in [0.1, 0.15) is 45.4 Å². The van der Waals surface area contributed by atoms with Crippen LogP contribution < -0.4 is 20.8 Å². The fraction of sp³-hybridized carbons (Fsp3) is 0.625. The fourth-order valence-electron chi connectivity index (χ4n) is 4.06. The molecule has 0 bridgehead atoms. The van der Waals surface area contributed by atoms with Gasteiger partial charge in [0, 0.05) is 18.1 Å². The first-order chi connectivity index (χ1) is 16.3. The van der Waals surface area contributed by atoms with Gasteiger partial charge in [-0.15, -0.1) is 0 Å². The van der Waals surface area contributed by atoms with Crippen molar-refractivity contribution < 1.29 is 34.6 Å². The van der Waals surface area contributed by atoms with E-state index < -0.39 is 36.3 Å². The lowest BCUT2D eigenvalue weighted by atomic mass is 9.99. The predicted octanol–water partition coefficient (Wildman–Crippen LogP) is 1.04. The summed E-state index contributed by atoms with van der Waals surface area (Å²) in [4.78, 5) is 13.1. The van der Waals surface area contributed by atoms with Crippen molar-refractivity contribution in [1.82, 2.24) is 4.57 Å². The molecule has 0 saturated carbocycles. The van der Waals surface area contributed by atoms with Gasteiger partial charge in [-0.2, -0.15) is 0 Å². The molecule has 6 N–H and O–H groups in total. The molecule has 0 radical (unpaired) electrons. The van der Waals surface area contributed by atoms with E-state index in [0.717, 1.165) is 19.3 Å². The summed E-state index contributed by atoms with van der Waals surface area (Å²) in [5.41, 5.74) is 6.52. The summed E-state index contributed by atoms with van der Waals surface area (Å²) in [5.74, 6) is 0.190. The van der Waals surface area contributed by atoms with Crippen molar-refractivity contribution in [2.75, 3.05) is 18.9 Å². The molecule has 0 aliphatic carbocycles. The van der Waals surface area contributed by atoms with E-state index >= 15 is 0 Å². The second kappa shape index (κ2) is 11.9. The van der Waals surface area contributed by atoms with Crippen LogP contribution in [0.3, 0.4) is 0 Å². The molecule has 34 heavy (non-hydrogen) atoms. The third-order valence-corrected chi connectivity index (χ3v) is 6.16. The van der Waals surface area contributed by atoms with Crippen molar-refractivity contribution in [3.05, 3.63) is 28.6 Å². The van der Waals surface area contributed by atoms with Gasteiger partial charge in [-0.3, -0.25) is 4.79 Å². The molecule has 2 heterocycles. The van der Waals surface area contributed by atoms with E-state index in [1.54, 1.807) is 25.2 Å². The van der Waals surface area contributed by atoms with Gasteiger partial charge in [0.2, 0.25) is 5.75 Å². The Hall–Kier alpha value is -2.37. The molecule has 190 valence electrons. The predicted molar refractivity (Wildman–Crippen MR) is 127 cm³/mol. The van der Waals surface area contributed by atoms with Gasteiger partial charge in [0.25, 0.3) is 5.56 Å². The molecule has 1 aliphatic rings. The average Bonchev–Trinajstić information content (AvgIpc) is 2.82. The molecule has 1 aliphatic heterocycles. The van der Waals surface area contributed by atoms with Crippen LogP contribution in [-0.4, -0.2) is 68.9 Å². The number of ether oxygens (including phenoxy) is 3. The monoisotopic (exact) mass is 480 g/mol. The lowest BCUT2D eigenvalue weighted by Crippen LogP contribution is -2.58. The Balaban J connectivity index is 1.83. The molecule has 0 amide bonds. The van der Waals surface area contributed by atoms with Crippen molar-refractivity contribution >= 4 is 16.6 Å². The van der Waals surface area contributed by atoms with E-state index in [9.17, 15) is 25.2 Å². The summed E-state index contributed by atoms with van der Waals surface area (Å²) in [6.45, 7) is 2.20. The van der Waals surface area contributed by atoms with Gasteiger partial charge in [-0.05, 0) is 24.6 Å². The van der Waals surface area contributed by atoms with Crippen molar-refractivity contribution in [3.63, 3.8) is 0 Å². The van der Waals surface area contributed by atoms with Crippen LogP contribution in [0.5, 0.6) is 11.5 Å². The number of nitrogen functional groups attached to an aromatic ring is 1. The van der Waals surface area contributed by atoms with Gasteiger partial charge < -0.3 is 44.9 Å². The molecular weight excluding hydrogens is 444 g/mol. The minimum atomic E-state index is -1.68. The zero-order chi connectivity index (χ0) is 24.8. The standard InChI is InChI=1S/C24H36N2O8/c1-3-4-5-6-7-8-11-32-22-21(15-10-9-14(25)12-16(15)26(2)23(22)30)33-13-17-18(27)19(28)20(29)24(31)34-17/h9-10,12,17-20,24,27-29,31H,3-8,11,13,25H2,1-2H3/t17-,18-,19+,20+,24+/m0/s1. The summed E-state index contributed by atoms with van der Waals surface area (Å²) >= 11 is 0. The van der Waals surface area contributed by atoms with Crippen LogP contribution in [0.4, 0.5) is 5.69 Å². The third kappa shape index (κ3) is 5.81. The number of fused-ring (bicyclic) bond motifs is 1. The van der Waals surface area contributed by atoms with Crippen LogP contribution in [0.2, 0.25) is 0 Å². The first-order valence-corrected chi connectivity index (χ1v) is 11.8. The summed E-state index contributed by atoms with van der Waals surface area (Å²) in [6.07, 6.45) is -1.18. The van der Waals surface area contributed by atoms with Gasteiger partial charge in [0.1, 0.15) is 31.0 Å². The number of aliphatic hydroxyl groups excluding tert-OH is 4. The normalized spacial score (nSPS) is 24.9. The molecule has 1 aromatic heterocycles. The number of aromatic nitrogens is 1. The number of anilines is 1. The fourth-order valence-corrected chi connectivity index (χ4v) is 4.06. The highest BCUT2D eigenvalue weighted by Gasteiger charge is 2.43. The number of aliphatic hydroxyl groups is 4. The minimum Gasteiger partial charge on any atom is -0.486 e. The van der Waals surface area contributed by atoms with Crippen LogP contribution in [0.25, 0.3) is 10.9 Å². The number of hydrogen-bond donors (Lipinski definition) is 5. The highest BCUT2D eigenvalue weighted by molar-refractivity contribution is 5.90. The molecule has 1 aromatic carbocycles. The Kier molecular flexibility index (Phi) is 9.15. The van der Waals surface area contributed by atoms with E-state index in [1.165, 1.54) is 23.8 Å². The average molecular weight is 481 g/mol. The van der Waals surface area contributed by atoms with Gasteiger partial charge in [-0.1, -0.05) is 39.0 Å². The van der Waals surface area contributed by atoms with E-state index in [-0.39, 0.29) is 18.1 Å². The van der Waals surface area contributed by atoms with E-state index in [4.69, 9.17) is 19.9 Å². The molecule has 1 saturated heterocycles. The molecule has 3 rings (SSSR count). The molecule has 5 atom stereocenters. The van der Waals surface area contributed by atoms with Gasteiger partial charge in [-0.25, -0.2) is 0 Å². The molecule has 0 unspecified atom stereocenters. The number of nitrogens with zero attached hydrogens (tertiary/aromatic N) is 1. The van der Waals surface area contributed by atoms with Crippen LogP contribution in [-0.2, 0) is 11.8 Å². The molecule has 10 heteroatoms. The molecule has 1 fully saturated rings. The second-order valence-corrected chi connectivity index (χ2v) is 8.76. The summed E-state index contributed by atoms with van der Waals surface area (Å²) in [6, 6.07) is 5.03. The number of rotatable bonds is 11. The van der Waals surface area contributed by atoms with E-state index in [2.05, 4.69) is 6.92 Å². The highest BCUT2D eigenvalue weighted by Crippen LogP contribution is 2.34. The Morgan fingerprint density at radius 3 is 2.41 bits per heavy atom. The Morgan fingerprint density at radius 1 is 0.971 bits per heavy atom. The number of nitrogens with two attached hydrogens (primary N) is 1. The van der Waals surface area contributed by atoms with Crippen molar-refractivity contribution in [2.24, 2.45) is 7.05 Å². The third-order valence-electron chi connectivity index (χ3n) is 6.16. The first-order valence-electron chi connectivity index (χ1n) is 11.8. The van der Waals surface area contributed by atoms with Crippen LogP contribution in [0.15, 0.2) is 23.0 Å². The minimum absolute atomic E-state index is 0.0276. The number of aryl methyl sites for hydroxylation is 1. The second-order valence-electron chi connectivity index (χ2n) is 8.76. The topological polar surface area (TPSA) is 157 Å². The molecular formula is C24H36N2O8. The van der Waals surface area contributed by atoms with Gasteiger partial charge in [0.15, 0.2) is 12.0 Å². The lowest BCUT2D eigenvalue weighted by Gasteiger charge is -2.38. The first kappa shape index (κ1) is 26.2. The Bertz CT molecular complexity index is 1010. The maximum atomic E-state index is 13.1. The smallest absolute Gasteiger partial charge is 0.297 e. The van der Waals surface area contributed by atoms with Crippen molar-refractivity contribution in [2.45, 2.75) is 76.2 Å². The maximum absolute atomic E-state index is 13.1.